The van der Waals surface area contributed by atoms with Gasteiger partial charge in [0, 0.05) is 55.1 Å². The molecule has 2 aliphatic heterocycles. The molecule has 3 aromatic carbocycles. The van der Waals surface area contributed by atoms with Crippen molar-refractivity contribution >= 4 is 46.1 Å². The number of anilines is 1. The Morgan fingerprint density at radius 2 is 1.72 bits per heavy atom. The van der Waals surface area contributed by atoms with Crippen LogP contribution in [0, 0.1) is 11.6 Å². The van der Waals surface area contributed by atoms with E-state index in [0.29, 0.717) is 53.8 Å². The first-order valence-corrected chi connectivity index (χ1v) is 18.5. The Morgan fingerprint density at radius 1 is 0.944 bits per heavy atom. The molecule has 3 heterocycles. The van der Waals surface area contributed by atoms with Crippen molar-refractivity contribution in [2.75, 3.05) is 18.9 Å². The Kier molecular flexibility index (Phi) is 10.4. The second-order valence-electron chi connectivity index (χ2n) is 14.3. The number of pyridine rings is 1. The van der Waals surface area contributed by atoms with Crippen LogP contribution in [0.2, 0.25) is 0 Å². The third-order valence-corrected chi connectivity index (χ3v) is 10.7. The van der Waals surface area contributed by atoms with Gasteiger partial charge in [0.15, 0.2) is 0 Å². The summed E-state index contributed by atoms with van der Waals surface area (Å²) >= 11 is 0. The molecule has 1 saturated carbocycles. The minimum absolute atomic E-state index is 0.0978. The lowest BCUT2D eigenvalue weighted by Crippen LogP contribution is -2.52. The van der Waals surface area contributed by atoms with E-state index in [1.807, 2.05) is 12.1 Å². The van der Waals surface area contributed by atoms with Crippen LogP contribution >= 0.6 is 0 Å². The molecule has 1 unspecified atom stereocenters. The summed E-state index contributed by atoms with van der Waals surface area (Å²) in [5, 5.41) is 8.61. The van der Waals surface area contributed by atoms with Crippen LogP contribution in [-0.2, 0) is 22.6 Å². The van der Waals surface area contributed by atoms with E-state index in [1.54, 1.807) is 18.0 Å². The van der Waals surface area contributed by atoms with Crippen LogP contribution in [0.4, 0.5) is 14.5 Å². The number of carbonyl (C=O) groups excluding carboxylic acids is 5. The Morgan fingerprint density at radius 3 is 2.44 bits per heavy atom. The lowest BCUT2D eigenvalue weighted by molar-refractivity contribution is -0.136. The number of nitrogens with two attached hydrogens (primary N) is 1. The Bertz CT molecular complexity index is 2200. The van der Waals surface area contributed by atoms with Crippen molar-refractivity contribution in [3.8, 4) is 11.1 Å². The van der Waals surface area contributed by atoms with Gasteiger partial charge in [-0.2, -0.15) is 0 Å². The number of halogens is 2. The van der Waals surface area contributed by atoms with Gasteiger partial charge in [-0.05, 0) is 79.5 Å². The van der Waals surface area contributed by atoms with Crippen molar-refractivity contribution in [1.82, 2.24) is 20.5 Å². The molecule has 0 spiro atoms. The van der Waals surface area contributed by atoms with E-state index < -0.39 is 35.4 Å². The Hall–Kier alpha value is -5.72. The fraction of sp³-hybridized carbons (Fsp3) is 0.366. The number of benzene rings is 3. The maximum atomic E-state index is 15.4. The van der Waals surface area contributed by atoms with E-state index in [0.717, 1.165) is 62.1 Å². The van der Waals surface area contributed by atoms with Crippen LogP contribution in [0.1, 0.15) is 112 Å². The molecular weight excluding hydrogens is 694 g/mol. The van der Waals surface area contributed by atoms with Gasteiger partial charge in [-0.15, -0.1) is 0 Å². The normalized spacial score (nSPS) is 16.8. The SMILES string of the molecule is CNc1c(C(N)=O)c(C2CC2)nc2cc(F)c(-c3ccc(C(=O)NCCCCCCCc4cccc5c4CN(C4CCC(=O)NC4=O)C5=O)c(F)c3)cc12. The number of fused-ring (bicyclic) bond motifs is 2. The Balaban J connectivity index is 0.895. The van der Waals surface area contributed by atoms with E-state index in [2.05, 4.69) is 20.9 Å². The van der Waals surface area contributed by atoms with Gasteiger partial charge in [0.05, 0.1) is 28.0 Å². The number of hydrogen-bond acceptors (Lipinski definition) is 7. The largest absolute Gasteiger partial charge is 0.387 e. The number of rotatable bonds is 14. The first kappa shape index (κ1) is 36.6. The van der Waals surface area contributed by atoms with Gasteiger partial charge in [-0.1, -0.05) is 37.5 Å². The number of aryl methyl sites for hydroxylation is 1. The number of hydrogen-bond donors (Lipinski definition) is 4. The van der Waals surface area contributed by atoms with Gasteiger partial charge in [0.25, 0.3) is 17.7 Å². The molecule has 11 nitrogen and oxygen atoms in total. The minimum atomic E-state index is -0.785. The van der Waals surface area contributed by atoms with E-state index in [1.165, 1.54) is 24.3 Å². The fourth-order valence-electron chi connectivity index (χ4n) is 7.71. The van der Waals surface area contributed by atoms with Crippen molar-refractivity contribution in [1.29, 1.82) is 0 Å². The predicted molar refractivity (Wildman–Crippen MR) is 199 cm³/mol. The van der Waals surface area contributed by atoms with E-state index in [4.69, 9.17) is 5.73 Å². The molecule has 3 aliphatic rings. The highest BCUT2D eigenvalue weighted by molar-refractivity contribution is 6.09. The first-order chi connectivity index (χ1) is 26.0. The lowest BCUT2D eigenvalue weighted by atomic mass is 9.97. The van der Waals surface area contributed by atoms with Crippen molar-refractivity contribution in [3.05, 3.63) is 93.7 Å². The molecule has 0 radical (unpaired) electrons. The number of unbranched alkanes of at least 4 members (excludes halogenated alkanes) is 4. The van der Waals surface area contributed by atoms with Crippen LogP contribution in [0.5, 0.6) is 0 Å². The van der Waals surface area contributed by atoms with Crippen molar-refractivity contribution in [3.63, 3.8) is 0 Å². The maximum absolute atomic E-state index is 15.4. The zero-order valence-corrected chi connectivity index (χ0v) is 30.0. The minimum Gasteiger partial charge on any atom is -0.387 e. The number of nitrogens with one attached hydrogen (secondary N) is 3. The van der Waals surface area contributed by atoms with Gasteiger partial charge >= 0.3 is 0 Å². The van der Waals surface area contributed by atoms with Gasteiger partial charge < -0.3 is 21.3 Å². The highest BCUT2D eigenvalue weighted by Crippen LogP contribution is 2.44. The molecule has 280 valence electrons. The molecule has 7 rings (SSSR count). The first-order valence-electron chi connectivity index (χ1n) is 18.5. The highest BCUT2D eigenvalue weighted by Gasteiger charge is 2.39. The van der Waals surface area contributed by atoms with E-state index in [-0.39, 0.29) is 46.4 Å². The number of nitrogens with zero attached hydrogens (tertiary/aromatic N) is 2. The fourth-order valence-corrected chi connectivity index (χ4v) is 7.71. The molecule has 1 aliphatic carbocycles. The highest BCUT2D eigenvalue weighted by atomic mass is 19.1. The van der Waals surface area contributed by atoms with Gasteiger partial charge in [0.1, 0.15) is 17.7 Å². The lowest BCUT2D eigenvalue weighted by Gasteiger charge is -2.29. The summed E-state index contributed by atoms with van der Waals surface area (Å²) < 4.78 is 30.7. The zero-order valence-electron chi connectivity index (χ0n) is 30.0. The average molecular weight is 737 g/mol. The summed E-state index contributed by atoms with van der Waals surface area (Å²) in [7, 11) is 1.65. The third kappa shape index (κ3) is 7.27. The monoisotopic (exact) mass is 736 g/mol. The van der Waals surface area contributed by atoms with Crippen LogP contribution in [0.3, 0.4) is 0 Å². The van der Waals surface area contributed by atoms with Crippen LogP contribution in [0.25, 0.3) is 22.0 Å². The van der Waals surface area contributed by atoms with Gasteiger partial charge in [-0.25, -0.2) is 8.78 Å². The van der Waals surface area contributed by atoms with E-state index in [9.17, 15) is 24.0 Å². The molecule has 2 fully saturated rings. The molecule has 0 bridgehead atoms. The number of aromatic nitrogens is 1. The maximum Gasteiger partial charge on any atom is 0.255 e. The van der Waals surface area contributed by atoms with Gasteiger partial charge in [0.2, 0.25) is 11.8 Å². The smallest absolute Gasteiger partial charge is 0.255 e. The molecular formula is C41H42F2N6O5. The average Bonchev–Trinajstić information content (AvgIpc) is 3.94. The number of imide groups is 1. The summed E-state index contributed by atoms with van der Waals surface area (Å²) in [5.74, 6) is -3.39. The summed E-state index contributed by atoms with van der Waals surface area (Å²) in [6, 6.07) is 11.8. The number of carbonyl (C=O) groups is 5. The van der Waals surface area contributed by atoms with Crippen LogP contribution < -0.4 is 21.7 Å². The standard InChI is InChI=1S/C41H42F2N6O5/c1-45-37-28-19-27(31(43)20-32(28)47-36(23-11-12-23)35(37)38(44)51)24-13-14-26(30(42)18-24)39(52)46-17-6-4-2-3-5-8-22-9-7-10-25-29(22)21-49(41(25)54)33-15-16-34(50)48-40(33)53/h7,9-10,13-14,18-20,23,33H,2-6,8,11-12,15-17,21H2,1H3,(H2,44,51)(H,45,47)(H,46,52)(H,48,50,53). The molecule has 5 amide bonds. The van der Waals surface area contributed by atoms with Crippen LogP contribution in [0.15, 0.2) is 48.5 Å². The summed E-state index contributed by atoms with van der Waals surface area (Å²) in [6.45, 7) is 0.726. The third-order valence-electron chi connectivity index (χ3n) is 10.7. The van der Waals surface area contributed by atoms with Gasteiger partial charge in [-0.3, -0.25) is 34.3 Å². The molecule has 4 aromatic rings. The van der Waals surface area contributed by atoms with E-state index >= 15 is 8.78 Å². The quantitative estimate of drug-likeness (QED) is 0.0928. The predicted octanol–water partition coefficient (Wildman–Crippen LogP) is 5.88. The van der Waals surface area contributed by atoms with Crippen LogP contribution in [-0.4, -0.2) is 59.1 Å². The molecule has 1 aromatic heterocycles. The topological polar surface area (TPSA) is 164 Å². The molecule has 54 heavy (non-hydrogen) atoms. The summed E-state index contributed by atoms with van der Waals surface area (Å²) in [4.78, 5) is 68.5. The second-order valence-corrected chi connectivity index (χ2v) is 14.3. The summed E-state index contributed by atoms with van der Waals surface area (Å²) in [6.07, 6.45) is 7.44. The zero-order chi connectivity index (χ0) is 38.1. The summed E-state index contributed by atoms with van der Waals surface area (Å²) in [5.41, 5.74) is 10.2. The number of primary amides is 1. The number of amides is 5. The molecule has 1 atom stereocenters. The van der Waals surface area contributed by atoms with Crippen molar-refractivity contribution < 1.29 is 32.8 Å². The second kappa shape index (κ2) is 15.3. The number of piperidine rings is 1. The molecule has 1 saturated heterocycles. The molecule has 5 N–H and O–H groups in total. The van der Waals surface area contributed by atoms with Crippen molar-refractivity contribution in [2.24, 2.45) is 5.73 Å². The molecule has 13 heteroatoms. The van der Waals surface area contributed by atoms with Crippen molar-refractivity contribution in [2.45, 2.75) is 82.7 Å². The Labute approximate surface area is 311 Å².